The lowest BCUT2D eigenvalue weighted by Gasteiger charge is -2.37. The molecule has 1 amide bonds. The van der Waals surface area contributed by atoms with Gasteiger partial charge in [-0.05, 0) is 38.1 Å². The number of aryl methyl sites for hydroxylation is 1. The minimum Gasteiger partial charge on any atom is -0.477 e. The van der Waals surface area contributed by atoms with Crippen molar-refractivity contribution >= 4 is 40.2 Å². The van der Waals surface area contributed by atoms with E-state index in [-0.39, 0.29) is 22.2 Å². The number of pyridine rings is 2. The Kier molecular flexibility index (Phi) is 5.12. The molecule has 0 bridgehead atoms. The molecule has 5 rings (SSSR count). The summed E-state index contributed by atoms with van der Waals surface area (Å²) in [6.45, 7) is 5.40. The summed E-state index contributed by atoms with van der Waals surface area (Å²) in [5.41, 5.74) is 1.03. The lowest BCUT2D eigenvalue weighted by molar-refractivity contribution is 0.0688. The number of hydrogen-bond acceptors (Lipinski definition) is 6. The van der Waals surface area contributed by atoms with Gasteiger partial charge in [0, 0.05) is 37.3 Å². The van der Waals surface area contributed by atoms with Gasteiger partial charge >= 0.3 is 5.97 Å². The maximum absolute atomic E-state index is 15.1. The molecule has 1 N–H and O–H groups in total. The third-order valence-corrected chi connectivity index (χ3v) is 7.28. The van der Waals surface area contributed by atoms with Gasteiger partial charge in [0.2, 0.25) is 5.43 Å². The SMILES string of the molecule is Cc1cccc(C(=O)N2CCN(c3cc4c(cc3F)c(=O)c(C(=O)O)c3n4C(C)S3)CC2)n1. The number of amides is 1. The summed E-state index contributed by atoms with van der Waals surface area (Å²) in [6.07, 6.45) is 0. The average molecular weight is 469 g/mol. The normalized spacial score (nSPS) is 17.6. The van der Waals surface area contributed by atoms with Crippen molar-refractivity contribution in [3.8, 4) is 0 Å². The second kappa shape index (κ2) is 7.87. The highest BCUT2D eigenvalue weighted by molar-refractivity contribution is 8.00. The molecular formula is C23H21FN4O4S. The predicted octanol–water partition coefficient (Wildman–Crippen LogP) is 3.13. The largest absolute Gasteiger partial charge is 0.477 e. The number of carbonyl (C=O) groups excluding carboxylic acids is 1. The Morgan fingerprint density at radius 2 is 1.91 bits per heavy atom. The van der Waals surface area contributed by atoms with Gasteiger partial charge in [-0.3, -0.25) is 9.59 Å². The highest BCUT2D eigenvalue weighted by Crippen LogP contribution is 2.46. The van der Waals surface area contributed by atoms with Crippen molar-refractivity contribution in [1.29, 1.82) is 0 Å². The molecule has 1 atom stereocenters. The van der Waals surface area contributed by atoms with E-state index in [2.05, 4.69) is 4.98 Å². The highest BCUT2D eigenvalue weighted by atomic mass is 32.2. The number of anilines is 1. The van der Waals surface area contributed by atoms with Crippen LogP contribution in [0, 0.1) is 12.7 Å². The summed E-state index contributed by atoms with van der Waals surface area (Å²) in [6, 6.07) is 8.07. The number of hydrogen-bond donors (Lipinski definition) is 1. The van der Waals surface area contributed by atoms with E-state index >= 15 is 4.39 Å². The molecule has 2 aliphatic heterocycles. The maximum Gasteiger partial charge on any atom is 0.342 e. The fourth-order valence-electron chi connectivity index (χ4n) is 4.44. The molecule has 0 radical (unpaired) electrons. The monoisotopic (exact) mass is 468 g/mol. The Balaban J connectivity index is 1.45. The third-order valence-electron chi connectivity index (χ3n) is 6.10. The second-order valence-electron chi connectivity index (χ2n) is 8.17. The van der Waals surface area contributed by atoms with E-state index < -0.39 is 17.2 Å². The molecule has 4 heterocycles. The molecule has 170 valence electrons. The van der Waals surface area contributed by atoms with Gasteiger partial charge in [0.1, 0.15) is 17.1 Å². The molecule has 10 heteroatoms. The predicted molar refractivity (Wildman–Crippen MR) is 123 cm³/mol. The molecule has 1 unspecified atom stereocenters. The van der Waals surface area contributed by atoms with Crippen LogP contribution in [0.25, 0.3) is 10.9 Å². The van der Waals surface area contributed by atoms with Gasteiger partial charge in [0.25, 0.3) is 5.91 Å². The van der Waals surface area contributed by atoms with E-state index in [9.17, 15) is 19.5 Å². The van der Waals surface area contributed by atoms with Crippen molar-refractivity contribution in [3.63, 3.8) is 0 Å². The second-order valence-corrected chi connectivity index (χ2v) is 9.47. The number of rotatable bonds is 3. The van der Waals surface area contributed by atoms with E-state index in [0.717, 1.165) is 11.8 Å². The van der Waals surface area contributed by atoms with E-state index in [0.29, 0.717) is 48.1 Å². The smallest absolute Gasteiger partial charge is 0.342 e. The topological polar surface area (TPSA) is 95.7 Å². The summed E-state index contributed by atoms with van der Waals surface area (Å²) in [5.74, 6) is -2.05. The Labute approximate surface area is 192 Å². The Morgan fingerprint density at radius 1 is 1.18 bits per heavy atom. The first-order valence-corrected chi connectivity index (χ1v) is 11.4. The molecule has 1 saturated heterocycles. The number of carboxylic acid groups (broad SMARTS) is 1. The van der Waals surface area contributed by atoms with Crippen LogP contribution >= 0.6 is 11.8 Å². The summed E-state index contributed by atoms with van der Waals surface area (Å²) in [5, 5.41) is 9.87. The molecule has 0 spiro atoms. The molecule has 0 aliphatic carbocycles. The number of nitrogens with zero attached hydrogens (tertiary/aromatic N) is 4. The van der Waals surface area contributed by atoms with Crippen LogP contribution < -0.4 is 10.3 Å². The van der Waals surface area contributed by atoms with Crippen LogP contribution in [-0.4, -0.2) is 57.6 Å². The molecule has 2 aromatic heterocycles. The zero-order valence-corrected chi connectivity index (χ0v) is 18.9. The first kappa shape index (κ1) is 21.4. The number of aromatic nitrogens is 2. The highest BCUT2D eigenvalue weighted by Gasteiger charge is 2.33. The molecule has 33 heavy (non-hydrogen) atoms. The van der Waals surface area contributed by atoms with E-state index in [1.165, 1.54) is 11.8 Å². The van der Waals surface area contributed by atoms with Crippen molar-refractivity contribution in [2.24, 2.45) is 0 Å². The third kappa shape index (κ3) is 3.45. The first-order chi connectivity index (χ1) is 15.8. The van der Waals surface area contributed by atoms with Gasteiger partial charge < -0.3 is 19.5 Å². The van der Waals surface area contributed by atoms with Crippen LogP contribution in [0.4, 0.5) is 10.1 Å². The van der Waals surface area contributed by atoms with Gasteiger partial charge in [-0.2, -0.15) is 0 Å². The number of aromatic carboxylic acids is 1. The molecule has 2 aliphatic rings. The van der Waals surface area contributed by atoms with E-state index in [1.807, 2.05) is 24.8 Å². The van der Waals surface area contributed by atoms with E-state index in [1.54, 1.807) is 27.7 Å². The van der Waals surface area contributed by atoms with Crippen LogP contribution in [0.1, 0.15) is 38.8 Å². The molecule has 1 fully saturated rings. The van der Waals surface area contributed by atoms with Crippen molar-refractivity contribution in [3.05, 3.63) is 63.3 Å². The van der Waals surface area contributed by atoms with Crippen molar-refractivity contribution < 1.29 is 19.1 Å². The Bertz CT molecular complexity index is 1380. The molecule has 0 saturated carbocycles. The first-order valence-electron chi connectivity index (χ1n) is 10.6. The van der Waals surface area contributed by atoms with Crippen molar-refractivity contribution in [1.82, 2.24) is 14.5 Å². The van der Waals surface area contributed by atoms with Gasteiger partial charge in [0.05, 0.1) is 21.6 Å². The van der Waals surface area contributed by atoms with Gasteiger partial charge in [-0.15, -0.1) is 0 Å². The lowest BCUT2D eigenvalue weighted by Crippen LogP contribution is -2.49. The zero-order valence-electron chi connectivity index (χ0n) is 18.0. The summed E-state index contributed by atoms with van der Waals surface area (Å²) >= 11 is 1.31. The van der Waals surface area contributed by atoms with Crippen LogP contribution in [-0.2, 0) is 0 Å². The lowest BCUT2D eigenvalue weighted by atomic mass is 10.1. The molecule has 3 aromatic rings. The molecule has 8 nitrogen and oxygen atoms in total. The number of benzene rings is 1. The van der Waals surface area contributed by atoms with Crippen LogP contribution in [0.15, 0.2) is 40.2 Å². The maximum atomic E-state index is 15.1. The molecular weight excluding hydrogens is 447 g/mol. The van der Waals surface area contributed by atoms with Crippen molar-refractivity contribution in [2.75, 3.05) is 31.1 Å². The number of fused-ring (bicyclic) bond motifs is 3. The number of carbonyl (C=O) groups is 2. The number of piperazine rings is 1. The minimum atomic E-state index is -1.31. The zero-order chi connectivity index (χ0) is 23.4. The van der Waals surface area contributed by atoms with Crippen LogP contribution in [0.2, 0.25) is 0 Å². The quantitative estimate of drug-likeness (QED) is 0.631. The standard InChI is InChI=1S/C23H21FN4O4S/c1-12-4-3-5-16(25-12)21(30)27-8-6-26(7-9-27)18-11-17-14(10-15(18)24)20(29)19(23(31)32)22-28(17)13(2)33-22/h3-5,10-11,13H,6-9H2,1-2H3,(H,31,32). The van der Waals surface area contributed by atoms with E-state index in [4.69, 9.17) is 0 Å². The van der Waals surface area contributed by atoms with Crippen LogP contribution in [0.3, 0.4) is 0 Å². The van der Waals surface area contributed by atoms with Gasteiger partial charge in [-0.25, -0.2) is 14.2 Å². The molecule has 1 aromatic carbocycles. The summed E-state index contributed by atoms with van der Waals surface area (Å²) in [7, 11) is 0. The Morgan fingerprint density at radius 3 is 2.55 bits per heavy atom. The summed E-state index contributed by atoms with van der Waals surface area (Å²) in [4.78, 5) is 45.0. The Hall–Kier alpha value is -3.40. The van der Waals surface area contributed by atoms with Crippen molar-refractivity contribution in [2.45, 2.75) is 24.2 Å². The van der Waals surface area contributed by atoms with Crippen LogP contribution in [0.5, 0.6) is 0 Å². The average Bonchev–Trinajstić information content (AvgIpc) is 2.78. The fourth-order valence-corrected chi connectivity index (χ4v) is 5.60. The number of halogens is 1. The number of carboxylic acids is 1. The fraction of sp³-hybridized carbons (Fsp3) is 0.304. The summed E-state index contributed by atoms with van der Waals surface area (Å²) < 4.78 is 16.9. The number of thioether (sulfide) groups is 1. The van der Waals surface area contributed by atoms with Gasteiger partial charge in [-0.1, -0.05) is 17.8 Å². The van der Waals surface area contributed by atoms with Gasteiger partial charge in [0.15, 0.2) is 0 Å². The minimum absolute atomic E-state index is 0.0592.